The Morgan fingerprint density at radius 2 is 1.72 bits per heavy atom. The van der Waals surface area contributed by atoms with Gasteiger partial charge in [-0.05, 0) is 12.0 Å². The summed E-state index contributed by atoms with van der Waals surface area (Å²) >= 11 is 0. The molecule has 4 N–H and O–H groups in total. The molecule has 0 bridgehead atoms. The summed E-state index contributed by atoms with van der Waals surface area (Å²) in [5.41, 5.74) is 6.40. The zero-order valence-electron chi connectivity index (χ0n) is 9.39. The van der Waals surface area contributed by atoms with Crippen molar-refractivity contribution in [2.24, 2.45) is 5.73 Å². The minimum atomic E-state index is -5.08. The van der Waals surface area contributed by atoms with E-state index in [2.05, 4.69) is 0 Å². The van der Waals surface area contributed by atoms with Crippen molar-refractivity contribution >= 4 is 5.97 Å². The molecule has 1 rings (SSSR count). The van der Waals surface area contributed by atoms with Crippen molar-refractivity contribution in [2.75, 3.05) is 6.54 Å². The average molecular weight is 265 g/mol. The number of nitrogens with two attached hydrogens (primary N) is 1. The Hall–Kier alpha value is -1.60. The number of halogens is 3. The number of aliphatic hydroxyl groups excluding tert-OH is 1. The molecule has 1 unspecified atom stereocenters. The fourth-order valence-corrected chi connectivity index (χ4v) is 0.970. The third-order valence-electron chi connectivity index (χ3n) is 1.83. The molecule has 0 aliphatic rings. The average Bonchev–Trinajstić information content (AvgIpc) is 2.29. The molecule has 1 atom stereocenters. The quantitative estimate of drug-likeness (QED) is 0.766. The fourth-order valence-electron chi connectivity index (χ4n) is 0.970. The van der Waals surface area contributed by atoms with Crippen LogP contribution in [0.4, 0.5) is 13.2 Å². The van der Waals surface area contributed by atoms with Crippen molar-refractivity contribution < 1.29 is 28.2 Å². The minimum absolute atomic E-state index is 0.328. The molecule has 1 aromatic rings. The zero-order chi connectivity index (χ0) is 14.2. The first-order valence-corrected chi connectivity index (χ1v) is 4.99. The molecule has 102 valence electrons. The highest BCUT2D eigenvalue weighted by Crippen LogP contribution is 2.13. The zero-order valence-corrected chi connectivity index (χ0v) is 9.39. The highest BCUT2D eigenvalue weighted by molar-refractivity contribution is 5.73. The van der Waals surface area contributed by atoms with Crippen LogP contribution in [-0.2, 0) is 11.2 Å². The number of rotatable bonds is 3. The molecule has 4 nitrogen and oxygen atoms in total. The van der Waals surface area contributed by atoms with E-state index >= 15 is 0 Å². The summed E-state index contributed by atoms with van der Waals surface area (Å²) in [5.74, 6) is -2.76. The maximum Gasteiger partial charge on any atom is 0.490 e. The predicted molar refractivity (Wildman–Crippen MR) is 58.9 cm³/mol. The lowest BCUT2D eigenvalue weighted by atomic mass is 10.1. The van der Waals surface area contributed by atoms with E-state index in [1.54, 1.807) is 0 Å². The van der Waals surface area contributed by atoms with E-state index in [-0.39, 0.29) is 0 Å². The summed E-state index contributed by atoms with van der Waals surface area (Å²) in [6.07, 6.45) is -4.84. The van der Waals surface area contributed by atoms with Crippen LogP contribution in [0.25, 0.3) is 0 Å². The van der Waals surface area contributed by atoms with Crippen LogP contribution in [0.3, 0.4) is 0 Å². The van der Waals surface area contributed by atoms with Crippen molar-refractivity contribution in [1.82, 2.24) is 0 Å². The normalized spacial score (nSPS) is 12.3. The van der Waals surface area contributed by atoms with Crippen LogP contribution >= 0.6 is 0 Å². The van der Waals surface area contributed by atoms with Gasteiger partial charge in [-0.2, -0.15) is 13.2 Å². The molecule has 0 aliphatic carbocycles. The maximum absolute atomic E-state index is 10.6. The minimum Gasteiger partial charge on any atom is -0.475 e. The standard InChI is InChI=1S/C9H13NO.C2HF3O2/c10-7-9(11)6-8-4-2-1-3-5-8;3-2(4,5)1(6)7/h1-5,9,11H,6-7,10H2;(H,6,7). The Kier molecular flexibility index (Phi) is 6.99. The summed E-state index contributed by atoms with van der Waals surface area (Å²) in [7, 11) is 0. The van der Waals surface area contributed by atoms with E-state index in [1.165, 1.54) is 0 Å². The Balaban J connectivity index is 0.000000360. The Morgan fingerprint density at radius 3 is 2.06 bits per heavy atom. The van der Waals surface area contributed by atoms with Crippen LogP contribution in [0.15, 0.2) is 30.3 Å². The molecule has 18 heavy (non-hydrogen) atoms. The molecule has 7 heteroatoms. The van der Waals surface area contributed by atoms with Crippen LogP contribution in [0.5, 0.6) is 0 Å². The Morgan fingerprint density at radius 1 is 1.28 bits per heavy atom. The van der Waals surface area contributed by atoms with Crippen molar-refractivity contribution in [2.45, 2.75) is 18.7 Å². The first-order chi connectivity index (χ1) is 8.27. The summed E-state index contributed by atoms with van der Waals surface area (Å²) in [6.45, 7) is 0.328. The van der Waals surface area contributed by atoms with E-state index < -0.39 is 18.2 Å². The van der Waals surface area contributed by atoms with E-state index in [0.29, 0.717) is 13.0 Å². The topological polar surface area (TPSA) is 83.5 Å². The van der Waals surface area contributed by atoms with Gasteiger partial charge < -0.3 is 15.9 Å². The molecular weight excluding hydrogens is 251 g/mol. The van der Waals surface area contributed by atoms with Gasteiger partial charge in [0.25, 0.3) is 0 Å². The molecule has 0 amide bonds. The first kappa shape index (κ1) is 16.4. The molecule has 0 fully saturated rings. The molecule has 1 aromatic carbocycles. The van der Waals surface area contributed by atoms with E-state index in [0.717, 1.165) is 5.56 Å². The smallest absolute Gasteiger partial charge is 0.475 e. The number of aliphatic hydroxyl groups is 1. The maximum atomic E-state index is 10.6. The second-order valence-electron chi connectivity index (χ2n) is 3.38. The Labute approximate surface area is 102 Å². The fraction of sp³-hybridized carbons (Fsp3) is 0.364. The molecular formula is C11H14F3NO3. The first-order valence-electron chi connectivity index (χ1n) is 4.99. The third kappa shape index (κ3) is 7.64. The number of carbonyl (C=O) groups is 1. The second kappa shape index (κ2) is 7.67. The van der Waals surface area contributed by atoms with Gasteiger partial charge in [-0.3, -0.25) is 0 Å². The lowest BCUT2D eigenvalue weighted by Crippen LogP contribution is -2.21. The number of alkyl halides is 3. The van der Waals surface area contributed by atoms with Gasteiger partial charge in [0.1, 0.15) is 0 Å². The summed E-state index contributed by atoms with van der Waals surface area (Å²) in [4.78, 5) is 8.90. The van der Waals surface area contributed by atoms with Gasteiger partial charge in [-0.1, -0.05) is 30.3 Å². The number of hydrogen-bond acceptors (Lipinski definition) is 3. The monoisotopic (exact) mass is 265 g/mol. The molecule has 0 spiro atoms. The highest BCUT2D eigenvalue weighted by atomic mass is 19.4. The lowest BCUT2D eigenvalue weighted by Gasteiger charge is -2.06. The van der Waals surface area contributed by atoms with E-state index in [1.807, 2.05) is 30.3 Å². The van der Waals surface area contributed by atoms with Crippen molar-refractivity contribution in [3.8, 4) is 0 Å². The van der Waals surface area contributed by atoms with Crippen molar-refractivity contribution in [1.29, 1.82) is 0 Å². The van der Waals surface area contributed by atoms with Gasteiger partial charge >= 0.3 is 12.1 Å². The van der Waals surface area contributed by atoms with Gasteiger partial charge in [0.15, 0.2) is 0 Å². The van der Waals surface area contributed by atoms with Crippen LogP contribution in [-0.4, -0.2) is 35.0 Å². The second-order valence-corrected chi connectivity index (χ2v) is 3.38. The lowest BCUT2D eigenvalue weighted by molar-refractivity contribution is -0.192. The van der Waals surface area contributed by atoms with Crippen molar-refractivity contribution in [3.63, 3.8) is 0 Å². The van der Waals surface area contributed by atoms with Gasteiger partial charge in [0, 0.05) is 6.54 Å². The molecule has 0 aromatic heterocycles. The van der Waals surface area contributed by atoms with Crippen LogP contribution in [0.2, 0.25) is 0 Å². The highest BCUT2D eigenvalue weighted by Gasteiger charge is 2.38. The summed E-state index contributed by atoms with van der Waals surface area (Å²) < 4.78 is 31.7. The predicted octanol–water partition coefficient (Wildman–Crippen LogP) is 1.18. The SMILES string of the molecule is NCC(O)Cc1ccccc1.O=C(O)C(F)(F)F. The van der Waals surface area contributed by atoms with Gasteiger partial charge in [0.05, 0.1) is 6.10 Å². The van der Waals surface area contributed by atoms with Crippen LogP contribution in [0, 0.1) is 0 Å². The van der Waals surface area contributed by atoms with Crippen molar-refractivity contribution in [3.05, 3.63) is 35.9 Å². The number of carboxylic acids is 1. The molecule has 0 saturated carbocycles. The Bertz CT molecular complexity index is 354. The largest absolute Gasteiger partial charge is 0.490 e. The van der Waals surface area contributed by atoms with E-state index in [4.69, 9.17) is 15.6 Å². The van der Waals surface area contributed by atoms with Crippen LogP contribution in [0.1, 0.15) is 5.56 Å². The number of aliphatic carboxylic acids is 1. The number of carboxylic acid groups (broad SMARTS) is 1. The molecule has 0 saturated heterocycles. The van der Waals surface area contributed by atoms with Gasteiger partial charge in [0.2, 0.25) is 0 Å². The van der Waals surface area contributed by atoms with E-state index in [9.17, 15) is 18.3 Å². The third-order valence-corrected chi connectivity index (χ3v) is 1.83. The summed E-state index contributed by atoms with van der Waals surface area (Å²) in [6, 6.07) is 9.84. The molecule has 0 aliphatic heterocycles. The molecule has 0 heterocycles. The number of hydrogen-bond donors (Lipinski definition) is 3. The van der Waals surface area contributed by atoms with Gasteiger partial charge in [-0.15, -0.1) is 0 Å². The number of benzene rings is 1. The molecule has 0 radical (unpaired) electrons. The van der Waals surface area contributed by atoms with Crippen LogP contribution < -0.4 is 5.73 Å². The van der Waals surface area contributed by atoms with Gasteiger partial charge in [-0.25, -0.2) is 4.79 Å². The summed E-state index contributed by atoms with van der Waals surface area (Å²) in [5, 5.41) is 16.3.